The quantitative estimate of drug-likeness (QED) is 0.326. The first-order valence-corrected chi connectivity index (χ1v) is 7.82. The molecule has 0 atom stereocenters. The van der Waals surface area contributed by atoms with Crippen LogP contribution in [-0.4, -0.2) is 42.2 Å². The van der Waals surface area contributed by atoms with E-state index >= 15 is 0 Å². The van der Waals surface area contributed by atoms with Crippen molar-refractivity contribution in [2.45, 2.75) is 12.8 Å². The first-order chi connectivity index (χ1) is 11.1. The van der Waals surface area contributed by atoms with E-state index < -0.39 is 5.91 Å². The highest BCUT2D eigenvalue weighted by atomic mass is 32.1. The van der Waals surface area contributed by atoms with Crippen molar-refractivity contribution in [3.05, 3.63) is 18.2 Å². The average Bonchev–Trinajstić information content (AvgIpc) is 2.98. The molecule has 0 bridgehead atoms. The zero-order valence-electron chi connectivity index (χ0n) is 12.6. The fourth-order valence-corrected chi connectivity index (χ4v) is 2.75. The Hall–Kier alpha value is -2.39. The number of rotatable bonds is 8. The Morgan fingerprint density at radius 2 is 2.17 bits per heavy atom. The second-order valence-electron chi connectivity index (χ2n) is 4.69. The number of aromatic nitrogens is 1. The number of anilines is 1. The van der Waals surface area contributed by atoms with Gasteiger partial charge in [-0.3, -0.25) is 14.8 Å². The number of fused-ring (bicyclic) bond motifs is 1. The van der Waals surface area contributed by atoms with Crippen LogP contribution in [0.2, 0.25) is 0 Å². The van der Waals surface area contributed by atoms with E-state index in [1.54, 1.807) is 12.6 Å². The van der Waals surface area contributed by atoms with E-state index in [1.807, 2.05) is 18.2 Å². The molecular weight excluding hydrogens is 320 g/mol. The monoisotopic (exact) mass is 338 g/mol. The maximum absolute atomic E-state index is 11.7. The summed E-state index contributed by atoms with van der Waals surface area (Å²) < 4.78 is 6.13. The number of carbonyl (C=O) groups excluding carboxylic acids is 2. The third-order valence-electron chi connectivity index (χ3n) is 3.02. The molecule has 0 radical (unpaired) electrons. The molecule has 0 spiro atoms. The average molecular weight is 338 g/mol. The van der Waals surface area contributed by atoms with Crippen LogP contribution in [0.25, 0.3) is 10.2 Å². The van der Waals surface area contributed by atoms with E-state index in [0.29, 0.717) is 18.1 Å². The minimum absolute atomic E-state index is 0.100. The third-order valence-corrected chi connectivity index (χ3v) is 4.00. The molecule has 23 heavy (non-hydrogen) atoms. The van der Waals surface area contributed by atoms with Crippen LogP contribution in [0.1, 0.15) is 12.8 Å². The summed E-state index contributed by atoms with van der Waals surface area (Å²) in [5.74, 6) is 0.103. The molecular formula is C14H18N4O4S. The van der Waals surface area contributed by atoms with Crippen LogP contribution in [0.15, 0.2) is 18.2 Å². The van der Waals surface area contributed by atoms with E-state index in [2.05, 4.69) is 15.6 Å². The Balaban J connectivity index is 1.77. The number of hydroxylamine groups is 1. The van der Waals surface area contributed by atoms with Crippen LogP contribution in [0.4, 0.5) is 5.13 Å². The third kappa shape index (κ3) is 5.08. The number of nitrogens with zero attached hydrogens (tertiary/aromatic N) is 1. The number of thiazole rings is 1. The van der Waals surface area contributed by atoms with Crippen LogP contribution in [0, 0.1) is 0 Å². The van der Waals surface area contributed by atoms with Gasteiger partial charge in [-0.2, -0.15) is 0 Å². The number of benzene rings is 1. The van der Waals surface area contributed by atoms with Crippen LogP contribution >= 0.6 is 11.3 Å². The normalized spacial score (nSPS) is 10.3. The lowest BCUT2D eigenvalue weighted by Crippen LogP contribution is -2.31. The Bertz CT molecular complexity index is 688. The zero-order valence-corrected chi connectivity index (χ0v) is 13.4. The van der Waals surface area contributed by atoms with E-state index in [-0.39, 0.29) is 18.9 Å². The number of methoxy groups -OCH3 is 1. The smallest absolute Gasteiger partial charge is 0.243 e. The molecule has 4 N–H and O–H groups in total. The SMILES string of the molecule is COc1ccc2nc(NCC(=O)NCCCC(=O)NO)sc2c1. The lowest BCUT2D eigenvalue weighted by atomic mass is 10.3. The predicted molar refractivity (Wildman–Crippen MR) is 86.8 cm³/mol. The predicted octanol–water partition coefficient (Wildman–Crippen LogP) is 1.12. The summed E-state index contributed by atoms with van der Waals surface area (Å²) in [6, 6.07) is 5.59. The first kappa shape index (κ1) is 17.0. The van der Waals surface area contributed by atoms with Gasteiger partial charge in [-0.1, -0.05) is 11.3 Å². The summed E-state index contributed by atoms with van der Waals surface area (Å²) in [5, 5.41) is 14.6. The van der Waals surface area contributed by atoms with Crippen LogP contribution in [0.3, 0.4) is 0 Å². The Morgan fingerprint density at radius 1 is 1.35 bits per heavy atom. The van der Waals surface area contributed by atoms with Crippen molar-refractivity contribution in [2.24, 2.45) is 0 Å². The number of hydrogen-bond donors (Lipinski definition) is 4. The molecule has 0 aliphatic rings. The molecule has 2 aromatic rings. The minimum Gasteiger partial charge on any atom is -0.497 e. The van der Waals surface area contributed by atoms with Crippen molar-refractivity contribution in [1.29, 1.82) is 0 Å². The van der Waals surface area contributed by atoms with Gasteiger partial charge in [0.15, 0.2) is 5.13 Å². The van der Waals surface area contributed by atoms with Gasteiger partial charge < -0.3 is 15.4 Å². The van der Waals surface area contributed by atoms with Gasteiger partial charge >= 0.3 is 0 Å². The largest absolute Gasteiger partial charge is 0.497 e. The summed E-state index contributed by atoms with van der Waals surface area (Å²) in [7, 11) is 1.61. The van der Waals surface area contributed by atoms with Gasteiger partial charge in [0.1, 0.15) is 5.75 Å². The van der Waals surface area contributed by atoms with Crippen molar-refractivity contribution in [3.63, 3.8) is 0 Å². The van der Waals surface area contributed by atoms with Crippen LogP contribution in [-0.2, 0) is 9.59 Å². The van der Waals surface area contributed by atoms with Crippen molar-refractivity contribution in [2.75, 3.05) is 25.5 Å². The molecule has 9 heteroatoms. The number of nitrogens with one attached hydrogen (secondary N) is 3. The number of amides is 2. The summed E-state index contributed by atoms with van der Waals surface area (Å²) in [6.07, 6.45) is 0.614. The highest BCUT2D eigenvalue weighted by molar-refractivity contribution is 7.22. The maximum atomic E-state index is 11.7. The molecule has 0 fully saturated rings. The maximum Gasteiger partial charge on any atom is 0.243 e. The summed E-state index contributed by atoms with van der Waals surface area (Å²) in [4.78, 5) is 26.9. The van der Waals surface area contributed by atoms with Gasteiger partial charge in [-0.25, -0.2) is 10.5 Å². The highest BCUT2D eigenvalue weighted by Gasteiger charge is 2.07. The lowest BCUT2D eigenvalue weighted by molar-refractivity contribution is -0.129. The van der Waals surface area contributed by atoms with E-state index in [1.165, 1.54) is 11.3 Å². The molecule has 0 saturated carbocycles. The topological polar surface area (TPSA) is 113 Å². The molecule has 124 valence electrons. The molecule has 0 saturated heterocycles. The van der Waals surface area contributed by atoms with Gasteiger partial charge in [0.25, 0.3) is 0 Å². The molecule has 0 aliphatic carbocycles. The summed E-state index contributed by atoms with van der Waals surface area (Å²) >= 11 is 1.44. The summed E-state index contributed by atoms with van der Waals surface area (Å²) in [6.45, 7) is 0.466. The van der Waals surface area contributed by atoms with Crippen molar-refractivity contribution in [3.8, 4) is 5.75 Å². The van der Waals surface area contributed by atoms with Crippen LogP contribution < -0.4 is 20.9 Å². The van der Waals surface area contributed by atoms with Crippen LogP contribution in [0.5, 0.6) is 5.75 Å². The van der Waals surface area contributed by atoms with Crippen molar-refractivity contribution < 1.29 is 19.5 Å². The van der Waals surface area contributed by atoms with E-state index in [9.17, 15) is 9.59 Å². The minimum atomic E-state index is -0.470. The first-order valence-electron chi connectivity index (χ1n) is 7.00. The van der Waals surface area contributed by atoms with Gasteiger partial charge in [-0.05, 0) is 24.6 Å². The molecule has 1 aromatic carbocycles. The number of carbonyl (C=O) groups is 2. The van der Waals surface area contributed by atoms with E-state index in [0.717, 1.165) is 16.0 Å². The number of hydrogen-bond acceptors (Lipinski definition) is 7. The molecule has 0 unspecified atom stereocenters. The summed E-state index contributed by atoms with van der Waals surface area (Å²) in [5.41, 5.74) is 2.38. The van der Waals surface area contributed by atoms with Gasteiger partial charge in [-0.15, -0.1) is 0 Å². The Labute approximate surface area is 136 Å². The van der Waals surface area contributed by atoms with Crippen molar-refractivity contribution in [1.82, 2.24) is 15.8 Å². The zero-order chi connectivity index (χ0) is 16.7. The molecule has 8 nitrogen and oxygen atoms in total. The van der Waals surface area contributed by atoms with Crippen molar-refractivity contribution >= 4 is 38.5 Å². The van der Waals surface area contributed by atoms with E-state index in [4.69, 9.17) is 9.94 Å². The molecule has 1 heterocycles. The Kier molecular flexibility index (Phi) is 6.12. The molecule has 2 rings (SSSR count). The molecule has 0 aliphatic heterocycles. The lowest BCUT2D eigenvalue weighted by Gasteiger charge is -2.05. The second-order valence-corrected chi connectivity index (χ2v) is 5.73. The van der Waals surface area contributed by atoms with Gasteiger partial charge in [0.05, 0.1) is 23.9 Å². The number of ether oxygens (including phenoxy) is 1. The fourth-order valence-electron chi connectivity index (χ4n) is 1.86. The Morgan fingerprint density at radius 3 is 2.91 bits per heavy atom. The highest BCUT2D eigenvalue weighted by Crippen LogP contribution is 2.28. The van der Waals surface area contributed by atoms with Gasteiger partial charge in [0.2, 0.25) is 11.8 Å². The van der Waals surface area contributed by atoms with Gasteiger partial charge in [0, 0.05) is 13.0 Å². The fraction of sp³-hybridized carbons (Fsp3) is 0.357. The molecule has 2 amide bonds. The standard InChI is InChI=1S/C14H18N4O4S/c1-22-9-4-5-10-11(7-9)23-14(17-10)16-8-13(20)15-6-2-3-12(19)18-21/h4-5,7,21H,2-3,6,8H2,1H3,(H,15,20)(H,16,17)(H,18,19). The molecule has 1 aromatic heterocycles. The second kappa shape index (κ2) is 8.30.